The monoisotopic (exact) mass is 253 g/mol. The minimum atomic E-state index is -0.856. The fourth-order valence-corrected chi connectivity index (χ4v) is 1.50. The largest absolute Gasteiger partial charge is 0.481 e. The van der Waals surface area contributed by atoms with Gasteiger partial charge in [-0.25, -0.2) is 4.39 Å². The van der Waals surface area contributed by atoms with Gasteiger partial charge in [-0.1, -0.05) is 6.07 Å². The maximum absolute atomic E-state index is 13.4. The smallest absolute Gasteiger partial charge is 0.303 e. The Morgan fingerprint density at radius 3 is 2.67 bits per heavy atom. The van der Waals surface area contributed by atoms with Crippen molar-refractivity contribution in [2.45, 2.75) is 26.2 Å². The predicted molar refractivity (Wildman–Crippen MR) is 65.0 cm³/mol. The van der Waals surface area contributed by atoms with Gasteiger partial charge >= 0.3 is 5.97 Å². The van der Waals surface area contributed by atoms with Crippen LogP contribution in [0.3, 0.4) is 0 Å². The Morgan fingerprint density at radius 2 is 2.06 bits per heavy atom. The lowest BCUT2D eigenvalue weighted by molar-refractivity contribution is -0.137. The quantitative estimate of drug-likeness (QED) is 0.763. The van der Waals surface area contributed by atoms with E-state index in [4.69, 9.17) is 5.11 Å². The van der Waals surface area contributed by atoms with Crippen molar-refractivity contribution in [3.63, 3.8) is 0 Å². The molecule has 1 aromatic carbocycles. The summed E-state index contributed by atoms with van der Waals surface area (Å²) >= 11 is 0. The van der Waals surface area contributed by atoms with E-state index in [1.165, 1.54) is 12.1 Å². The number of hydrogen-bond acceptors (Lipinski definition) is 2. The molecule has 98 valence electrons. The van der Waals surface area contributed by atoms with Crippen LogP contribution < -0.4 is 5.32 Å². The lowest BCUT2D eigenvalue weighted by atomic mass is 10.1. The fourth-order valence-electron chi connectivity index (χ4n) is 1.50. The van der Waals surface area contributed by atoms with Crippen molar-refractivity contribution in [1.82, 2.24) is 5.32 Å². The summed E-state index contributed by atoms with van der Waals surface area (Å²) in [4.78, 5) is 21.9. The van der Waals surface area contributed by atoms with E-state index in [1.54, 1.807) is 13.0 Å². The first-order chi connectivity index (χ1) is 8.50. The summed E-state index contributed by atoms with van der Waals surface area (Å²) in [6.45, 7) is 2.09. The lowest BCUT2D eigenvalue weighted by Gasteiger charge is -2.06. The molecule has 0 spiro atoms. The highest BCUT2D eigenvalue weighted by molar-refractivity contribution is 5.94. The molecule has 5 heteroatoms. The van der Waals surface area contributed by atoms with Crippen LogP contribution in [0.25, 0.3) is 0 Å². The number of carbonyl (C=O) groups excluding carboxylic acids is 1. The highest BCUT2D eigenvalue weighted by Gasteiger charge is 2.10. The zero-order valence-electron chi connectivity index (χ0n) is 10.2. The standard InChI is InChI=1S/C13H16FNO3/c1-9-5-6-10(11(14)8-9)13(18)15-7-3-2-4-12(16)17/h5-6,8H,2-4,7H2,1H3,(H,15,18)(H,16,17). The molecule has 0 saturated heterocycles. The molecular formula is C13H16FNO3. The van der Waals surface area contributed by atoms with Crippen LogP contribution in [0, 0.1) is 12.7 Å². The summed E-state index contributed by atoms with van der Waals surface area (Å²) in [5.74, 6) is -1.87. The number of carboxylic acid groups (broad SMARTS) is 1. The Balaban J connectivity index is 2.39. The second-order valence-electron chi connectivity index (χ2n) is 4.09. The number of amides is 1. The number of nitrogens with one attached hydrogen (secondary N) is 1. The average molecular weight is 253 g/mol. The Bertz CT molecular complexity index is 446. The molecule has 4 nitrogen and oxygen atoms in total. The Kier molecular flexibility index (Phi) is 5.30. The predicted octanol–water partition coefficient (Wildman–Crippen LogP) is 2.12. The molecule has 0 aliphatic rings. The van der Waals surface area contributed by atoms with E-state index >= 15 is 0 Å². The van der Waals surface area contributed by atoms with Crippen molar-refractivity contribution >= 4 is 11.9 Å². The fraction of sp³-hybridized carbons (Fsp3) is 0.385. The van der Waals surface area contributed by atoms with Crippen molar-refractivity contribution < 1.29 is 19.1 Å². The zero-order valence-corrected chi connectivity index (χ0v) is 10.2. The molecule has 0 unspecified atom stereocenters. The average Bonchev–Trinajstić information content (AvgIpc) is 2.27. The summed E-state index contributed by atoms with van der Waals surface area (Å²) < 4.78 is 13.4. The first-order valence-corrected chi connectivity index (χ1v) is 5.77. The van der Waals surface area contributed by atoms with Gasteiger partial charge < -0.3 is 10.4 Å². The van der Waals surface area contributed by atoms with Gasteiger partial charge in [0.25, 0.3) is 5.91 Å². The third-order valence-electron chi connectivity index (χ3n) is 2.47. The Hall–Kier alpha value is -1.91. The Labute approximate surface area is 105 Å². The number of carbonyl (C=O) groups is 2. The molecule has 0 bridgehead atoms. The molecule has 0 fully saturated rings. The minimum Gasteiger partial charge on any atom is -0.481 e. The number of halogens is 1. The highest BCUT2D eigenvalue weighted by Crippen LogP contribution is 2.09. The van der Waals surface area contributed by atoms with Crippen molar-refractivity contribution in [3.8, 4) is 0 Å². The van der Waals surface area contributed by atoms with Gasteiger partial charge in [-0.3, -0.25) is 9.59 Å². The van der Waals surface area contributed by atoms with Crippen LogP contribution in [0.1, 0.15) is 35.2 Å². The second-order valence-corrected chi connectivity index (χ2v) is 4.09. The van der Waals surface area contributed by atoms with Gasteiger partial charge in [-0.05, 0) is 37.5 Å². The Morgan fingerprint density at radius 1 is 1.33 bits per heavy atom. The van der Waals surface area contributed by atoms with Gasteiger partial charge in [0.1, 0.15) is 5.82 Å². The van der Waals surface area contributed by atoms with E-state index in [9.17, 15) is 14.0 Å². The van der Waals surface area contributed by atoms with Crippen LogP contribution in [0.15, 0.2) is 18.2 Å². The van der Waals surface area contributed by atoms with Crippen LogP contribution >= 0.6 is 0 Å². The molecule has 0 aliphatic heterocycles. The summed E-state index contributed by atoms with van der Waals surface area (Å²) in [6, 6.07) is 4.42. The molecule has 0 heterocycles. The molecule has 18 heavy (non-hydrogen) atoms. The van der Waals surface area contributed by atoms with Crippen LogP contribution in [-0.2, 0) is 4.79 Å². The van der Waals surface area contributed by atoms with E-state index in [0.717, 1.165) is 5.56 Å². The zero-order chi connectivity index (χ0) is 13.5. The molecule has 1 amide bonds. The van der Waals surface area contributed by atoms with Crippen molar-refractivity contribution in [1.29, 1.82) is 0 Å². The molecule has 1 aromatic rings. The molecular weight excluding hydrogens is 237 g/mol. The summed E-state index contributed by atoms with van der Waals surface area (Å²) in [7, 11) is 0. The van der Waals surface area contributed by atoms with E-state index in [2.05, 4.69) is 5.32 Å². The molecule has 2 N–H and O–H groups in total. The number of unbranched alkanes of at least 4 members (excludes halogenated alkanes) is 1. The number of carboxylic acids is 1. The summed E-state index contributed by atoms with van der Waals surface area (Å²) in [5, 5.41) is 11.0. The van der Waals surface area contributed by atoms with Gasteiger partial charge in [0.05, 0.1) is 5.56 Å². The SMILES string of the molecule is Cc1ccc(C(=O)NCCCCC(=O)O)c(F)c1. The number of rotatable bonds is 6. The van der Waals surface area contributed by atoms with Gasteiger partial charge in [0.15, 0.2) is 0 Å². The number of aliphatic carboxylic acids is 1. The van der Waals surface area contributed by atoms with Crippen LogP contribution in [0.5, 0.6) is 0 Å². The van der Waals surface area contributed by atoms with Crippen LogP contribution in [-0.4, -0.2) is 23.5 Å². The molecule has 0 aromatic heterocycles. The van der Waals surface area contributed by atoms with Crippen molar-refractivity contribution in [3.05, 3.63) is 35.1 Å². The van der Waals surface area contributed by atoms with Gasteiger partial charge in [0, 0.05) is 13.0 Å². The molecule has 0 atom stereocenters. The van der Waals surface area contributed by atoms with Crippen LogP contribution in [0.4, 0.5) is 4.39 Å². The van der Waals surface area contributed by atoms with E-state index < -0.39 is 17.7 Å². The van der Waals surface area contributed by atoms with Gasteiger partial charge in [-0.2, -0.15) is 0 Å². The number of hydrogen-bond donors (Lipinski definition) is 2. The molecule has 1 rings (SSSR count). The summed E-state index contributed by atoms with van der Waals surface area (Å²) in [6.07, 6.45) is 1.13. The summed E-state index contributed by atoms with van der Waals surface area (Å²) in [5.41, 5.74) is 0.768. The van der Waals surface area contributed by atoms with Crippen molar-refractivity contribution in [2.75, 3.05) is 6.54 Å². The van der Waals surface area contributed by atoms with Gasteiger partial charge in [0.2, 0.25) is 0 Å². The molecule has 0 aliphatic carbocycles. The van der Waals surface area contributed by atoms with E-state index in [-0.39, 0.29) is 12.0 Å². The van der Waals surface area contributed by atoms with E-state index in [0.29, 0.717) is 19.4 Å². The van der Waals surface area contributed by atoms with E-state index in [1.807, 2.05) is 0 Å². The first kappa shape index (κ1) is 14.2. The van der Waals surface area contributed by atoms with Crippen molar-refractivity contribution in [2.24, 2.45) is 0 Å². The number of benzene rings is 1. The minimum absolute atomic E-state index is 0.0128. The molecule has 0 saturated carbocycles. The van der Waals surface area contributed by atoms with Crippen LogP contribution in [0.2, 0.25) is 0 Å². The maximum Gasteiger partial charge on any atom is 0.303 e. The third kappa shape index (κ3) is 4.53. The number of aryl methyl sites for hydroxylation is 1. The van der Waals surface area contributed by atoms with Gasteiger partial charge in [-0.15, -0.1) is 0 Å². The lowest BCUT2D eigenvalue weighted by Crippen LogP contribution is -2.25. The third-order valence-corrected chi connectivity index (χ3v) is 2.47. The highest BCUT2D eigenvalue weighted by atomic mass is 19.1. The normalized spacial score (nSPS) is 10.1. The molecule has 0 radical (unpaired) electrons. The second kappa shape index (κ2) is 6.74. The maximum atomic E-state index is 13.4. The first-order valence-electron chi connectivity index (χ1n) is 5.77. The topological polar surface area (TPSA) is 66.4 Å².